The SMILES string of the molecule is CCSc1oc2c(C(C)=N[S@](=O)C(C)(C)C)cc(C)cc2c(=O)c1C. The van der Waals surface area contributed by atoms with Crippen LogP contribution >= 0.6 is 11.8 Å². The van der Waals surface area contributed by atoms with Crippen molar-refractivity contribution < 1.29 is 8.63 Å². The Morgan fingerprint density at radius 3 is 2.48 bits per heavy atom. The van der Waals surface area contributed by atoms with Crippen molar-refractivity contribution in [2.24, 2.45) is 4.40 Å². The molecule has 0 aliphatic carbocycles. The van der Waals surface area contributed by atoms with Gasteiger partial charge in [-0.15, -0.1) is 0 Å². The molecule has 1 heterocycles. The number of fused-ring (bicyclic) bond motifs is 1. The van der Waals surface area contributed by atoms with Gasteiger partial charge in [0, 0.05) is 11.1 Å². The zero-order chi connectivity index (χ0) is 18.9. The summed E-state index contributed by atoms with van der Waals surface area (Å²) in [7, 11) is -1.37. The first kappa shape index (κ1) is 19.9. The van der Waals surface area contributed by atoms with Gasteiger partial charge < -0.3 is 4.42 Å². The van der Waals surface area contributed by atoms with Gasteiger partial charge in [-0.05, 0) is 65.0 Å². The number of rotatable bonds is 4. The number of nitrogens with zero attached hydrogens (tertiary/aromatic N) is 1. The summed E-state index contributed by atoms with van der Waals surface area (Å²) < 4.78 is 22.4. The van der Waals surface area contributed by atoms with Crippen LogP contribution in [0.5, 0.6) is 0 Å². The number of hydrogen-bond donors (Lipinski definition) is 0. The van der Waals surface area contributed by atoms with E-state index in [1.165, 1.54) is 11.8 Å². The average Bonchev–Trinajstić information content (AvgIpc) is 2.51. The fraction of sp³-hybridized carbons (Fsp3) is 0.474. The van der Waals surface area contributed by atoms with Crippen LogP contribution in [0.25, 0.3) is 11.0 Å². The lowest BCUT2D eigenvalue weighted by molar-refractivity contribution is 0.492. The Labute approximate surface area is 155 Å². The van der Waals surface area contributed by atoms with E-state index in [2.05, 4.69) is 4.40 Å². The number of aryl methyl sites for hydroxylation is 1. The highest BCUT2D eigenvalue weighted by Gasteiger charge is 2.21. The van der Waals surface area contributed by atoms with Gasteiger partial charge in [-0.2, -0.15) is 4.40 Å². The van der Waals surface area contributed by atoms with Crippen LogP contribution in [-0.2, 0) is 11.0 Å². The van der Waals surface area contributed by atoms with Crippen LogP contribution in [0.4, 0.5) is 0 Å². The number of benzene rings is 1. The zero-order valence-electron chi connectivity index (χ0n) is 15.9. The van der Waals surface area contributed by atoms with Crippen LogP contribution in [0.15, 0.2) is 30.8 Å². The normalized spacial score (nSPS) is 14.1. The fourth-order valence-electron chi connectivity index (χ4n) is 2.36. The molecule has 0 saturated carbocycles. The maximum absolute atomic E-state index is 12.8. The van der Waals surface area contributed by atoms with E-state index < -0.39 is 15.7 Å². The Kier molecular flexibility index (Phi) is 5.94. The van der Waals surface area contributed by atoms with E-state index in [4.69, 9.17) is 4.42 Å². The first-order valence-corrected chi connectivity index (χ1v) is 10.3. The molecule has 6 heteroatoms. The van der Waals surface area contributed by atoms with Gasteiger partial charge in [-0.1, -0.05) is 18.7 Å². The molecule has 1 aromatic carbocycles. The van der Waals surface area contributed by atoms with E-state index in [9.17, 15) is 9.00 Å². The van der Waals surface area contributed by atoms with Gasteiger partial charge in [-0.25, -0.2) is 4.21 Å². The van der Waals surface area contributed by atoms with Crippen molar-refractivity contribution in [3.63, 3.8) is 0 Å². The van der Waals surface area contributed by atoms with Crippen molar-refractivity contribution in [1.29, 1.82) is 0 Å². The third kappa shape index (κ3) is 4.23. The molecule has 25 heavy (non-hydrogen) atoms. The van der Waals surface area contributed by atoms with Crippen molar-refractivity contribution in [1.82, 2.24) is 0 Å². The maximum Gasteiger partial charge on any atom is 0.196 e. The molecule has 0 spiro atoms. The van der Waals surface area contributed by atoms with Crippen LogP contribution in [0.3, 0.4) is 0 Å². The summed E-state index contributed by atoms with van der Waals surface area (Å²) in [5.41, 5.74) is 3.41. The summed E-state index contributed by atoms with van der Waals surface area (Å²) in [5.74, 6) is 0.817. The second kappa shape index (κ2) is 7.46. The highest BCUT2D eigenvalue weighted by atomic mass is 32.2. The van der Waals surface area contributed by atoms with Gasteiger partial charge >= 0.3 is 0 Å². The smallest absolute Gasteiger partial charge is 0.196 e. The Morgan fingerprint density at radius 1 is 1.28 bits per heavy atom. The summed E-state index contributed by atoms with van der Waals surface area (Å²) in [6.07, 6.45) is 0. The minimum Gasteiger partial charge on any atom is -0.449 e. The van der Waals surface area contributed by atoms with Crippen LogP contribution in [0.2, 0.25) is 0 Å². The predicted octanol–water partition coefficient (Wildman–Crippen LogP) is 4.79. The van der Waals surface area contributed by atoms with Crippen LogP contribution in [0, 0.1) is 13.8 Å². The Balaban J connectivity index is 2.78. The highest BCUT2D eigenvalue weighted by Crippen LogP contribution is 2.28. The molecule has 1 aromatic heterocycles. The first-order chi connectivity index (χ1) is 11.6. The van der Waals surface area contributed by atoms with Gasteiger partial charge in [0.2, 0.25) is 0 Å². The average molecular weight is 380 g/mol. The molecule has 1 atom stereocenters. The number of thioether (sulfide) groups is 1. The summed E-state index contributed by atoms with van der Waals surface area (Å²) in [4.78, 5) is 12.8. The maximum atomic E-state index is 12.8. The molecule has 0 amide bonds. The third-order valence-corrected chi connectivity index (χ3v) is 6.16. The van der Waals surface area contributed by atoms with Gasteiger partial charge in [0.1, 0.15) is 16.6 Å². The van der Waals surface area contributed by atoms with E-state index in [-0.39, 0.29) is 5.43 Å². The van der Waals surface area contributed by atoms with Crippen molar-refractivity contribution in [2.75, 3.05) is 5.75 Å². The summed E-state index contributed by atoms with van der Waals surface area (Å²) in [6, 6.07) is 3.77. The molecule has 0 bridgehead atoms. The first-order valence-electron chi connectivity index (χ1n) is 8.24. The lowest BCUT2D eigenvalue weighted by Crippen LogP contribution is -2.20. The van der Waals surface area contributed by atoms with Crippen LogP contribution < -0.4 is 5.43 Å². The monoisotopic (exact) mass is 379 g/mol. The van der Waals surface area contributed by atoms with Gasteiger partial charge in [0.05, 0.1) is 15.8 Å². The Bertz CT molecular complexity index is 921. The molecule has 0 unspecified atom stereocenters. The predicted molar refractivity (Wildman–Crippen MR) is 108 cm³/mol. The van der Waals surface area contributed by atoms with Crippen molar-refractivity contribution in [3.05, 3.63) is 39.0 Å². The van der Waals surface area contributed by atoms with Crippen molar-refractivity contribution in [3.8, 4) is 0 Å². The highest BCUT2D eigenvalue weighted by molar-refractivity contribution is 7.99. The van der Waals surface area contributed by atoms with Crippen molar-refractivity contribution in [2.45, 2.75) is 58.3 Å². The molecular formula is C19H25NO3S2. The van der Waals surface area contributed by atoms with E-state index in [1.54, 1.807) is 6.92 Å². The molecule has 0 aliphatic heterocycles. The molecule has 4 nitrogen and oxygen atoms in total. The minimum absolute atomic E-state index is 0.0214. The molecule has 0 aliphatic rings. The molecule has 0 N–H and O–H groups in total. The Hall–Kier alpha value is -1.40. The van der Waals surface area contributed by atoms with E-state index in [0.29, 0.717) is 27.3 Å². The van der Waals surface area contributed by atoms with Gasteiger partial charge in [-0.3, -0.25) is 4.79 Å². The molecule has 0 fully saturated rings. The van der Waals surface area contributed by atoms with Crippen molar-refractivity contribution >= 4 is 39.4 Å². The second-order valence-corrected chi connectivity index (χ2v) is 10.1. The quantitative estimate of drug-likeness (QED) is 0.566. The summed E-state index contributed by atoms with van der Waals surface area (Å²) in [6.45, 7) is 13.2. The van der Waals surface area contributed by atoms with Crippen LogP contribution in [0.1, 0.15) is 51.3 Å². The molecule has 2 aromatic rings. The second-order valence-electron chi connectivity index (χ2n) is 7.00. The number of hydrogen-bond acceptors (Lipinski definition) is 4. The largest absolute Gasteiger partial charge is 0.449 e. The lowest BCUT2D eigenvalue weighted by Gasteiger charge is -2.15. The molecule has 0 radical (unpaired) electrons. The van der Waals surface area contributed by atoms with E-state index >= 15 is 0 Å². The van der Waals surface area contributed by atoms with Gasteiger partial charge in [0.15, 0.2) is 10.5 Å². The summed E-state index contributed by atoms with van der Waals surface area (Å²) >= 11 is 1.51. The third-order valence-electron chi connectivity index (χ3n) is 3.73. The Morgan fingerprint density at radius 2 is 1.92 bits per heavy atom. The topological polar surface area (TPSA) is 59.6 Å². The molecule has 0 saturated heterocycles. The molecule has 136 valence electrons. The standard InChI is InChI=1S/C19H25NO3S2/c1-8-24-18-12(3)16(21)15-10-11(2)9-14(17(15)23-18)13(4)20-25(22)19(5,6)7/h9-10H,8H2,1-7H3/t25-/m1/s1. The van der Waals surface area contributed by atoms with E-state index in [1.807, 2.05) is 53.7 Å². The van der Waals surface area contributed by atoms with Gasteiger partial charge in [0.25, 0.3) is 0 Å². The molecule has 2 rings (SSSR count). The minimum atomic E-state index is -1.37. The zero-order valence-corrected chi connectivity index (χ0v) is 17.5. The fourth-order valence-corrected chi connectivity index (χ4v) is 3.70. The van der Waals surface area contributed by atoms with E-state index in [0.717, 1.165) is 16.9 Å². The molecular weight excluding hydrogens is 354 g/mol. The van der Waals surface area contributed by atoms with Crippen LogP contribution in [-0.4, -0.2) is 20.4 Å². The summed E-state index contributed by atoms with van der Waals surface area (Å²) in [5, 5.41) is 1.18. The lowest BCUT2D eigenvalue weighted by atomic mass is 10.0.